The second kappa shape index (κ2) is 6.83. The Morgan fingerprint density at radius 1 is 1.12 bits per heavy atom. The number of anilines is 1. The summed E-state index contributed by atoms with van der Waals surface area (Å²) in [5, 5.41) is 5.49. The number of aromatic nitrogens is 3. The molecule has 4 rings (SSSR count). The summed E-state index contributed by atoms with van der Waals surface area (Å²) < 4.78 is 16.9. The van der Waals surface area contributed by atoms with Gasteiger partial charge in [-0.25, -0.2) is 24.3 Å². The quantitative estimate of drug-likeness (QED) is 0.765. The lowest BCUT2D eigenvalue weighted by atomic mass is 10.1. The Balaban J connectivity index is 1.81. The summed E-state index contributed by atoms with van der Waals surface area (Å²) in [7, 11) is -1.52. The first kappa shape index (κ1) is 16.1. The van der Waals surface area contributed by atoms with Gasteiger partial charge in [-0.3, -0.25) is 0 Å². The molecule has 1 fully saturated rings. The molecule has 1 atom stereocenters. The first-order chi connectivity index (χ1) is 12.2. The van der Waals surface area contributed by atoms with E-state index in [1.165, 1.54) is 0 Å². The Bertz CT molecular complexity index is 943. The largest absolute Gasteiger partial charge is 0.378 e. The Morgan fingerprint density at radius 3 is 2.76 bits per heavy atom. The van der Waals surface area contributed by atoms with Crippen molar-refractivity contribution in [2.45, 2.75) is 4.90 Å². The van der Waals surface area contributed by atoms with Crippen LogP contribution in [0.2, 0.25) is 0 Å². The van der Waals surface area contributed by atoms with E-state index in [-0.39, 0.29) is 0 Å². The average molecular weight is 355 g/mol. The van der Waals surface area contributed by atoms with Gasteiger partial charge in [0, 0.05) is 18.7 Å². The number of hydrogen-bond donors (Lipinski definition) is 1. The molecule has 0 saturated carbocycles. The van der Waals surface area contributed by atoms with Crippen LogP contribution in [0.25, 0.3) is 22.3 Å². The van der Waals surface area contributed by atoms with Crippen molar-refractivity contribution in [3.8, 4) is 11.3 Å². The van der Waals surface area contributed by atoms with Gasteiger partial charge in [-0.1, -0.05) is 12.1 Å². The van der Waals surface area contributed by atoms with Crippen LogP contribution in [-0.2, 0) is 15.7 Å². The van der Waals surface area contributed by atoms with Crippen LogP contribution in [0.5, 0.6) is 0 Å². The normalized spacial score (nSPS) is 16.1. The number of morpholine rings is 1. The van der Waals surface area contributed by atoms with Crippen molar-refractivity contribution in [3.05, 3.63) is 42.7 Å². The summed E-state index contributed by atoms with van der Waals surface area (Å²) in [6.07, 6.45) is 1.56. The summed E-state index contributed by atoms with van der Waals surface area (Å²) in [5.74, 6) is 0.814. The number of benzene rings is 1. The highest BCUT2D eigenvalue weighted by Gasteiger charge is 2.17. The fraction of sp³-hybridized carbons (Fsp3) is 0.235. The molecule has 2 aromatic heterocycles. The van der Waals surface area contributed by atoms with Crippen molar-refractivity contribution in [2.24, 2.45) is 5.14 Å². The average Bonchev–Trinajstić information content (AvgIpc) is 2.68. The molecule has 1 aromatic carbocycles. The molecular weight excluding hydrogens is 338 g/mol. The van der Waals surface area contributed by atoms with Gasteiger partial charge in [-0.15, -0.1) is 0 Å². The fourth-order valence-electron chi connectivity index (χ4n) is 2.88. The smallest absolute Gasteiger partial charge is 0.158 e. The van der Waals surface area contributed by atoms with Crippen LogP contribution in [0.4, 0.5) is 5.82 Å². The van der Waals surface area contributed by atoms with Crippen molar-refractivity contribution >= 4 is 27.8 Å². The van der Waals surface area contributed by atoms with Crippen LogP contribution in [0.15, 0.2) is 47.6 Å². The Morgan fingerprint density at radius 2 is 1.96 bits per heavy atom. The lowest BCUT2D eigenvalue weighted by molar-refractivity contribution is 0.122. The molecule has 0 spiro atoms. The van der Waals surface area contributed by atoms with Gasteiger partial charge in [0.2, 0.25) is 0 Å². The molecule has 0 aliphatic carbocycles. The van der Waals surface area contributed by atoms with Crippen molar-refractivity contribution in [3.63, 3.8) is 0 Å². The summed E-state index contributed by atoms with van der Waals surface area (Å²) >= 11 is 0. The molecule has 0 amide bonds. The monoisotopic (exact) mass is 355 g/mol. The zero-order valence-electron chi connectivity index (χ0n) is 13.5. The zero-order valence-corrected chi connectivity index (χ0v) is 14.3. The number of nitrogens with two attached hydrogens (primary N) is 1. The van der Waals surface area contributed by atoms with Gasteiger partial charge in [0.05, 0.1) is 29.3 Å². The second-order valence-electron chi connectivity index (χ2n) is 5.69. The minimum atomic E-state index is -1.52. The zero-order chi connectivity index (χ0) is 17.2. The predicted molar refractivity (Wildman–Crippen MR) is 96.4 cm³/mol. The predicted octanol–water partition coefficient (Wildman–Crippen LogP) is 1.51. The molecule has 3 heterocycles. The van der Waals surface area contributed by atoms with Crippen molar-refractivity contribution < 1.29 is 8.95 Å². The van der Waals surface area contributed by atoms with E-state index in [0.717, 1.165) is 41.2 Å². The molecule has 1 aliphatic rings. The summed E-state index contributed by atoms with van der Waals surface area (Å²) in [5.41, 5.74) is 3.17. The second-order valence-corrected chi connectivity index (χ2v) is 6.75. The lowest BCUT2D eigenvalue weighted by Crippen LogP contribution is -2.37. The fourth-order valence-corrected chi connectivity index (χ4v) is 3.33. The molecule has 1 aliphatic heterocycles. The van der Waals surface area contributed by atoms with Crippen LogP contribution < -0.4 is 10.0 Å². The van der Waals surface area contributed by atoms with E-state index in [1.807, 2.05) is 24.3 Å². The summed E-state index contributed by atoms with van der Waals surface area (Å²) in [6.45, 7) is 2.91. The van der Waals surface area contributed by atoms with Crippen molar-refractivity contribution in [1.82, 2.24) is 15.0 Å². The van der Waals surface area contributed by atoms with Gasteiger partial charge in [0.15, 0.2) is 5.82 Å². The van der Waals surface area contributed by atoms with Crippen LogP contribution in [0.1, 0.15) is 0 Å². The molecule has 0 bridgehead atoms. The van der Waals surface area contributed by atoms with E-state index in [2.05, 4.69) is 14.9 Å². The van der Waals surface area contributed by atoms with Gasteiger partial charge in [0.1, 0.15) is 22.8 Å². The summed E-state index contributed by atoms with van der Waals surface area (Å²) in [6, 6.07) is 11.1. The van der Waals surface area contributed by atoms with E-state index in [0.29, 0.717) is 18.1 Å². The molecule has 128 valence electrons. The molecular formula is C17H17N5O2S. The third kappa shape index (κ3) is 3.23. The maximum atomic E-state index is 11.5. The topological polar surface area (TPSA) is 94.2 Å². The molecule has 7 nitrogen and oxygen atoms in total. The van der Waals surface area contributed by atoms with Crippen LogP contribution >= 0.6 is 0 Å². The Hall–Kier alpha value is -2.42. The van der Waals surface area contributed by atoms with E-state index < -0.39 is 11.0 Å². The molecule has 0 radical (unpaired) electrons. The molecule has 1 unspecified atom stereocenters. The Kier molecular flexibility index (Phi) is 4.39. The molecule has 3 aromatic rings. The van der Waals surface area contributed by atoms with Gasteiger partial charge in [-0.05, 0) is 24.3 Å². The third-order valence-corrected chi connectivity index (χ3v) is 4.85. The van der Waals surface area contributed by atoms with Gasteiger partial charge < -0.3 is 9.64 Å². The van der Waals surface area contributed by atoms with Gasteiger partial charge in [0.25, 0.3) is 0 Å². The minimum Gasteiger partial charge on any atom is -0.378 e. The summed E-state index contributed by atoms with van der Waals surface area (Å²) in [4.78, 5) is 16.3. The highest BCUT2D eigenvalue weighted by atomic mass is 32.2. The van der Waals surface area contributed by atoms with Crippen molar-refractivity contribution in [1.29, 1.82) is 0 Å². The Labute approximate surface area is 147 Å². The SMILES string of the molecule is NS(=O)c1cccc(-c2ccc3ncnc(N4CCOCC4)c3n2)c1. The van der Waals surface area contributed by atoms with E-state index >= 15 is 0 Å². The number of fused-ring (bicyclic) bond motifs is 1. The van der Waals surface area contributed by atoms with E-state index in [9.17, 15) is 4.21 Å². The number of rotatable bonds is 3. The first-order valence-corrected chi connectivity index (χ1v) is 9.15. The number of nitrogens with zero attached hydrogens (tertiary/aromatic N) is 4. The maximum absolute atomic E-state index is 11.5. The third-order valence-electron chi connectivity index (χ3n) is 4.14. The first-order valence-electron chi connectivity index (χ1n) is 7.93. The highest BCUT2D eigenvalue weighted by molar-refractivity contribution is 7.82. The van der Waals surface area contributed by atoms with Crippen molar-refractivity contribution in [2.75, 3.05) is 31.2 Å². The molecule has 2 N–H and O–H groups in total. The van der Waals surface area contributed by atoms with E-state index in [4.69, 9.17) is 14.9 Å². The van der Waals surface area contributed by atoms with Gasteiger partial charge >= 0.3 is 0 Å². The molecule has 1 saturated heterocycles. The van der Waals surface area contributed by atoms with Crippen LogP contribution in [0, 0.1) is 0 Å². The van der Waals surface area contributed by atoms with Crippen LogP contribution in [-0.4, -0.2) is 45.5 Å². The lowest BCUT2D eigenvalue weighted by Gasteiger charge is -2.28. The number of pyridine rings is 1. The standard InChI is InChI=1S/C17H17N5O2S/c18-25(23)13-3-1-2-12(10-13)14-4-5-15-16(21-14)17(20-11-19-15)22-6-8-24-9-7-22/h1-5,10-11H,6-9,18H2. The molecule has 25 heavy (non-hydrogen) atoms. The number of ether oxygens (including phenoxy) is 1. The van der Waals surface area contributed by atoms with Crippen LogP contribution in [0.3, 0.4) is 0 Å². The minimum absolute atomic E-state index is 0.567. The molecule has 8 heteroatoms. The maximum Gasteiger partial charge on any atom is 0.158 e. The van der Waals surface area contributed by atoms with E-state index in [1.54, 1.807) is 18.5 Å². The van der Waals surface area contributed by atoms with Gasteiger partial charge in [-0.2, -0.15) is 0 Å². The number of hydrogen-bond acceptors (Lipinski definition) is 6. The highest BCUT2D eigenvalue weighted by Crippen LogP contribution is 2.26.